The summed E-state index contributed by atoms with van der Waals surface area (Å²) >= 11 is 0. The summed E-state index contributed by atoms with van der Waals surface area (Å²) in [6.07, 6.45) is 0. The topological polar surface area (TPSA) is 103 Å². The van der Waals surface area contributed by atoms with Gasteiger partial charge in [-0.2, -0.15) is 0 Å². The van der Waals surface area contributed by atoms with Crippen molar-refractivity contribution in [1.29, 1.82) is 0 Å². The lowest BCUT2D eigenvalue weighted by Crippen LogP contribution is -2.41. The number of nitrogens with one attached hydrogen (secondary N) is 1. The molecule has 0 aliphatic carbocycles. The standard InChI is InChI=1S/C25H28N2O7S/c1-31-21-11-7-8-12-23(21)34-16-15-26-25(28)18-27(35(29,30)20-9-5-4-6-10-20)19-13-14-22(32-2)24(17-19)33-3/h4-14,17H,15-16,18H2,1-3H3,(H,26,28). The van der Waals surface area contributed by atoms with E-state index in [2.05, 4.69) is 5.32 Å². The number of benzene rings is 3. The van der Waals surface area contributed by atoms with E-state index in [1.54, 1.807) is 49.6 Å². The Morgan fingerprint density at radius 1 is 0.800 bits per heavy atom. The predicted molar refractivity (Wildman–Crippen MR) is 132 cm³/mol. The largest absolute Gasteiger partial charge is 0.493 e. The van der Waals surface area contributed by atoms with Crippen molar-refractivity contribution in [2.45, 2.75) is 4.90 Å². The molecule has 0 atom stereocenters. The number of rotatable bonds is 12. The number of hydrogen-bond acceptors (Lipinski definition) is 7. The normalized spacial score (nSPS) is 10.8. The highest BCUT2D eigenvalue weighted by molar-refractivity contribution is 7.92. The van der Waals surface area contributed by atoms with Crippen LogP contribution in [0.2, 0.25) is 0 Å². The van der Waals surface area contributed by atoms with Crippen molar-refractivity contribution >= 4 is 21.6 Å². The second-order valence-electron chi connectivity index (χ2n) is 7.21. The molecule has 3 rings (SSSR count). The Morgan fingerprint density at radius 3 is 2.06 bits per heavy atom. The maximum atomic E-state index is 13.4. The molecule has 0 saturated carbocycles. The third kappa shape index (κ3) is 6.36. The summed E-state index contributed by atoms with van der Waals surface area (Å²) in [6.45, 7) is -0.0999. The van der Waals surface area contributed by atoms with Gasteiger partial charge in [-0.25, -0.2) is 8.42 Å². The van der Waals surface area contributed by atoms with Crippen molar-refractivity contribution in [3.63, 3.8) is 0 Å². The van der Waals surface area contributed by atoms with Crippen molar-refractivity contribution in [2.75, 3.05) is 45.3 Å². The van der Waals surface area contributed by atoms with Crippen molar-refractivity contribution in [3.05, 3.63) is 72.8 Å². The molecule has 0 bridgehead atoms. The van der Waals surface area contributed by atoms with Crippen LogP contribution in [0.4, 0.5) is 5.69 Å². The van der Waals surface area contributed by atoms with Gasteiger partial charge in [-0.1, -0.05) is 30.3 Å². The molecule has 0 saturated heterocycles. The third-order valence-electron chi connectivity index (χ3n) is 5.02. The van der Waals surface area contributed by atoms with Crippen molar-refractivity contribution in [3.8, 4) is 23.0 Å². The molecule has 3 aromatic carbocycles. The second-order valence-corrected chi connectivity index (χ2v) is 9.08. The first-order chi connectivity index (χ1) is 16.9. The zero-order chi connectivity index (χ0) is 25.3. The van der Waals surface area contributed by atoms with Crippen LogP contribution in [-0.2, 0) is 14.8 Å². The maximum Gasteiger partial charge on any atom is 0.264 e. The van der Waals surface area contributed by atoms with Gasteiger partial charge in [0.1, 0.15) is 13.2 Å². The summed E-state index contributed by atoms with van der Waals surface area (Å²) in [7, 11) is 0.427. The van der Waals surface area contributed by atoms with Gasteiger partial charge in [-0.15, -0.1) is 0 Å². The minimum atomic E-state index is -4.05. The van der Waals surface area contributed by atoms with Crippen LogP contribution in [0.3, 0.4) is 0 Å². The minimum Gasteiger partial charge on any atom is -0.493 e. The Hall–Kier alpha value is -3.92. The molecule has 35 heavy (non-hydrogen) atoms. The highest BCUT2D eigenvalue weighted by Gasteiger charge is 2.28. The van der Waals surface area contributed by atoms with Crippen LogP contribution in [0.5, 0.6) is 23.0 Å². The monoisotopic (exact) mass is 500 g/mol. The lowest BCUT2D eigenvalue weighted by Gasteiger charge is -2.25. The summed E-state index contributed by atoms with van der Waals surface area (Å²) in [5.41, 5.74) is 0.256. The molecular weight excluding hydrogens is 472 g/mol. The predicted octanol–water partition coefficient (Wildman–Crippen LogP) is 3.10. The minimum absolute atomic E-state index is 0.0575. The molecule has 1 amide bonds. The fraction of sp³-hybridized carbons (Fsp3) is 0.240. The zero-order valence-corrected chi connectivity index (χ0v) is 20.6. The Morgan fingerprint density at radius 2 is 1.40 bits per heavy atom. The molecule has 0 aliphatic heterocycles. The van der Waals surface area contributed by atoms with Crippen molar-refractivity contribution in [2.24, 2.45) is 0 Å². The van der Waals surface area contributed by atoms with E-state index < -0.39 is 22.5 Å². The van der Waals surface area contributed by atoms with Crippen LogP contribution in [0.25, 0.3) is 0 Å². The van der Waals surface area contributed by atoms with Gasteiger partial charge in [-0.05, 0) is 36.4 Å². The van der Waals surface area contributed by atoms with Gasteiger partial charge < -0.3 is 24.3 Å². The van der Waals surface area contributed by atoms with Gasteiger partial charge in [0, 0.05) is 6.07 Å². The number of para-hydroxylation sites is 2. The van der Waals surface area contributed by atoms with Crippen LogP contribution in [0.1, 0.15) is 0 Å². The molecule has 3 aromatic rings. The Labute approximate surface area is 205 Å². The summed E-state index contributed by atoms with van der Waals surface area (Å²) in [5.74, 6) is 1.40. The summed E-state index contributed by atoms with van der Waals surface area (Å²) in [4.78, 5) is 12.8. The molecule has 0 aromatic heterocycles. The maximum absolute atomic E-state index is 13.4. The Kier molecular flexibility index (Phi) is 8.80. The number of methoxy groups -OCH3 is 3. The van der Waals surface area contributed by atoms with Crippen molar-refractivity contribution in [1.82, 2.24) is 5.32 Å². The molecule has 186 valence electrons. The third-order valence-corrected chi connectivity index (χ3v) is 6.81. The van der Waals surface area contributed by atoms with E-state index >= 15 is 0 Å². The van der Waals surface area contributed by atoms with E-state index in [0.29, 0.717) is 23.0 Å². The molecule has 0 spiro atoms. The first-order valence-corrected chi connectivity index (χ1v) is 12.2. The smallest absolute Gasteiger partial charge is 0.264 e. The number of carbonyl (C=O) groups is 1. The molecule has 0 heterocycles. The van der Waals surface area contributed by atoms with Crippen LogP contribution in [-0.4, -0.2) is 55.4 Å². The summed E-state index contributed by atoms with van der Waals surface area (Å²) in [6, 6.07) is 19.7. The molecule has 0 radical (unpaired) electrons. The van der Waals surface area contributed by atoms with Crippen LogP contribution < -0.4 is 28.6 Å². The van der Waals surface area contributed by atoms with Crippen molar-refractivity contribution < 1.29 is 32.2 Å². The molecular formula is C25H28N2O7S. The zero-order valence-electron chi connectivity index (χ0n) is 19.8. The molecule has 10 heteroatoms. The number of carbonyl (C=O) groups excluding carboxylic acids is 1. The fourth-order valence-corrected chi connectivity index (χ4v) is 4.72. The Balaban J connectivity index is 1.76. The van der Waals surface area contributed by atoms with E-state index in [9.17, 15) is 13.2 Å². The molecule has 0 aliphatic rings. The van der Waals surface area contributed by atoms with E-state index in [1.807, 2.05) is 12.1 Å². The average molecular weight is 501 g/mol. The van der Waals surface area contributed by atoms with Crippen LogP contribution >= 0.6 is 0 Å². The molecule has 9 nitrogen and oxygen atoms in total. The number of amides is 1. The van der Waals surface area contributed by atoms with E-state index in [4.69, 9.17) is 18.9 Å². The van der Waals surface area contributed by atoms with Crippen LogP contribution in [0.15, 0.2) is 77.7 Å². The lowest BCUT2D eigenvalue weighted by atomic mass is 10.2. The SMILES string of the molecule is COc1ccc(N(CC(=O)NCCOc2ccccc2OC)S(=O)(=O)c2ccccc2)cc1OC. The van der Waals surface area contributed by atoms with Gasteiger partial charge in [0.05, 0.1) is 38.5 Å². The van der Waals surface area contributed by atoms with Gasteiger partial charge in [0.25, 0.3) is 10.0 Å². The molecule has 1 N–H and O–H groups in total. The van der Waals surface area contributed by atoms with Gasteiger partial charge in [-0.3, -0.25) is 9.10 Å². The average Bonchev–Trinajstić information content (AvgIpc) is 2.90. The van der Waals surface area contributed by atoms with E-state index in [-0.39, 0.29) is 23.7 Å². The van der Waals surface area contributed by atoms with Crippen LogP contribution in [0, 0.1) is 0 Å². The number of hydrogen-bond donors (Lipinski definition) is 1. The summed E-state index contributed by atoms with van der Waals surface area (Å²) in [5, 5.41) is 2.70. The van der Waals surface area contributed by atoms with E-state index in [1.165, 1.54) is 32.4 Å². The van der Waals surface area contributed by atoms with Gasteiger partial charge in [0.15, 0.2) is 23.0 Å². The lowest BCUT2D eigenvalue weighted by molar-refractivity contribution is -0.119. The summed E-state index contributed by atoms with van der Waals surface area (Å²) < 4.78 is 49.4. The highest BCUT2D eigenvalue weighted by atomic mass is 32.2. The quantitative estimate of drug-likeness (QED) is 0.381. The fourth-order valence-electron chi connectivity index (χ4n) is 3.29. The molecule has 0 fully saturated rings. The highest BCUT2D eigenvalue weighted by Crippen LogP contribution is 2.33. The number of ether oxygens (including phenoxy) is 4. The first-order valence-electron chi connectivity index (χ1n) is 10.7. The number of nitrogens with zero attached hydrogens (tertiary/aromatic N) is 1. The van der Waals surface area contributed by atoms with E-state index in [0.717, 1.165) is 4.31 Å². The van der Waals surface area contributed by atoms with Gasteiger partial charge >= 0.3 is 0 Å². The number of sulfonamides is 1. The van der Waals surface area contributed by atoms with Gasteiger partial charge in [0.2, 0.25) is 5.91 Å². The first kappa shape index (κ1) is 25.7. The number of anilines is 1. The Bertz CT molecular complexity index is 1230. The molecule has 0 unspecified atom stereocenters. The second kappa shape index (κ2) is 12.0.